The van der Waals surface area contributed by atoms with Gasteiger partial charge in [-0.25, -0.2) is 14.2 Å². The molecule has 1 aromatic carbocycles. The molecule has 3 heterocycles. The number of halogens is 2. The molecule has 2 unspecified atom stereocenters. The van der Waals surface area contributed by atoms with E-state index in [1.54, 1.807) is 4.90 Å². The van der Waals surface area contributed by atoms with Crippen LogP contribution in [-0.4, -0.2) is 53.3 Å². The summed E-state index contributed by atoms with van der Waals surface area (Å²) in [5, 5.41) is 0. The number of hydrogen-bond donors (Lipinski definition) is 2. The van der Waals surface area contributed by atoms with Crippen molar-refractivity contribution in [2.24, 2.45) is 5.41 Å². The fourth-order valence-corrected chi connectivity index (χ4v) is 4.68. The molecule has 3 aliphatic rings. The second kappa shape index (κ2) is 7.40. The Morgan fingerprint density at radius 1 is 1.18 bits per heavy atom. The van der Waals surface area contributed by atoms with Gasteiger partial charge in [-0.15, -0.1) is 0 Å². The molecule has 0 aliphatic carbocycles. The van der Waals surface area contributed by atoms with Crippen LogP contribution in [0.1, 0.15) is 38.2 Å². The number of amides is 2. The van der Waals surface area contributed by atoms with E-state index in [1.165, 1.54) is 12.1 Å². The SMILES string of the molecule is CC1CC(C(=O)N2CCC3(CC2)CC(=O)N(Cc2cc(F)cc(F)c2)C3)NN1. The molecule has 2 amide bonds. The maximum Gasteiger partial charge on any atom is 0.241 e. The van der Waals surface area contributed by atoms with Gasteiger partial charge in [0, 0.05) is 50.1 Å². The van der Waals surface area contributed by atoms with Crippen LogP contribution in [0.5, 0.6) is 0 Å². The van der Waals surface area contributed by atoms with Crippen LogP contribution in [0.15, 0.2) is 18.2 Å². The summed E-state index contributed by atoms with van der Waals surface area (Å²) in [5.41, 5.74) is 6.45. The van der Waals surface area contributed by atoms with Gasteiger partial charge in [-0.1, -0.05) is 0 Å². The van der Waals surface area contributed by atoms with Crippen LogP contribution in [0.4, 0.5) is 8.78 Å². The van der Waals surface area contributed by atoms with Gasteiger partial charge in [0.2, 0.25) is 11.8 Å². The summed E-state index contributed by atoms with van der Waals surface area (Å²) in [6, 6.07) is 3.46. The number of carbonyl (C=O) groups is 2. The summed E-state index contributed by atoms with van der Waals surface area (Å²) in [6.07, 6.45) is 2.76. The van der Waals surface area contributed by atoms with E-state index >= 15 is 0 Å². The van der Waals surface area contributed by atoms with E-state index in [0.717, 1.165) is 25.3 Å². The summed E-state index contributed by atoms with van der Waals surface area (Å²) in [6.45, 7) is 4.11. The molecule has 2 atom stereocenters. The number of carbonyl (C=O) groups excluding carboxylic acids is 2. The minimum atomic E-state index is -0.632. The molecule has 0 aromatic heterocycles. The molecule has 2 N–H and O–H groups in total. The maximum atomic E-state index is 13.4. The van der Waals surface area contributed by atoms with Crippen molar-refractivity contribution in [2.75, 3.05) is 19.6 Å². The van der Waals surface area contributed by atoms with Crippen molar-refractivity contribution in [3.05, 3.63) is 35.4 Å². The summed E-state index contributed by atoms with van der Waals surface area (Å²) >= 11 is 0. The average Bonchev–Trinajstić information content (AvgIpc) is 3.18. The lowest BCUT2D eigenvalue weighted by atomic mass is 9.77. The number of hydrogen-bond acceptors (Lipinski definition) is 4. The molecule has 1 aromatic rings. The number of nitrogens with zero attached hydrogens (tertiary/aromatic N) is 2. The molecule has 8 heteroatoms. The van der Waals surface area contributed by atoms with Crippen molar-refractivity contribution < 1.29 is 18.4 Å². The zero-order valence-electron chi connectivity index (χ0n) is 16.0. The molecule has 4 rings (SSSR count). The Hall–Kier alpha value is -2.06. The van der Waals surface area contributed by atoms with Gasteiger partial charge in [-0.05, 0) is 43.9 Å². The molecule has 3 aliphatic heterocycles. The van der Waals surface area contributed by atoms with Crippen molar-refractivity contribution in [3.63, 3.8) is 0 Å². The summed E-state index contributed by atoms with van der Waals surface area (Å²) in [7, 11) is 0. The molecule has 0 saturated carbocycles. The van der Waals surface area contributed by atoms with Crippen LogP contribution >= 0.6 is 0 Å². The molecule has 0 bridgehead atoms. The van der Waals surface area contributed by atoms with Crippen LogP contribution in [0.25, 0.3) is 0 Å². The van der Waals surface area contributed by atoms with E-state index in [9.17, 15) is 18.4 Å². The Labute approximate surface area is 163 Å². The lowest BCUT2D eigenvalue weighted by Gasteiger charge is -2.39. The Bertz CT molecular complexity index is 759. The second-order valence-electron chi connectivity index (χ2n) is 8.51. The first-order chi connectivity index (χ1) is 13.3. The summed E-state index contributed by atoms with van der Waals surface area (Å²) in [5.74, 6) is -1.14. The van der Waals surface area contributed by atoms with Gasteiger partial charge in [0.25, 0.3) is 0 Å². The van der Waals surface area contributed by atoms with E-state index in [2.05, 4.69) is 10.9 Å². The van der Waals surface area contributed by atoms with Crippen LogP contribution in [-0.2, 0) is 16.1 Å². The zero-order valence-corrected chi connectivity index (χ0v) is 16.0. The van der Waals surface area contributed by atoms with Crippen molar-refractivity contribution in [1.82, 2.24) is 20.7 Å². The third kappa shape index (κ3) is 3.89. The quantitative estimate of drug-likeness (QED) is 0.820. The van der Waals surface area contributed by atoms with Crippen molar-refractivity contribution in [1.29, 1.82) is 0 Å². The largest absolute Gasteiger partial charge is 0.341 e. The third-order valence-electron chi connectivity index (χ3n) is 6.23. The minimum absolute atomic E-state index is 0.0138. The predicted octanol–water partition coefficient (Wildman–Crippen LogP) is 1.56. The van der Waals surface area contributed by atoms with Gasteiger partial charge < -0.3 is 9.80 Å². The number of rotatable bonds is 3. The van der Waals surface area contributed by atoms with E-state index in [1.807, 2.05) is 11.8 Å². The monoisotopic (exact) mass is 392 g/mol. The number of likely N-dealkylation sites (tertiary alicyclic amines) is 2. The molecule has 28 heavy (non-hydrogen) atoms. The highest BCUT2D eigenvalue weighted by molar-refractivity contribution is 5.83. The smallest absolute Gasteiger partial charge is 0.241 e. The highest BCUT2D eigenvalue weighted by atomic mass is 19.1. The first-order valence-corrected chi connectivity index (χ1v) is 9.86. The summed E-state index contributed by atoms with van der Waals surface area (Å²) < 4.78 is 26.9. The topological polar surface area (TPSA) is 64.7 Å². The van der Waals surface area contributed by atoms with Gasteiger partial charge in [0.15, 0.2) is 0 Å². The van der Waals surface area contributed by atoms with Gasteiger partial charge in [-0.2, -0.15) is 0 Å². The molecule has 0 radical (unpaired) electrons. The van der Waals surface area contributed by atoms with E-state index in [4.69, 9.17) is 0 Å². The fourth-order valence-electron chi connectivity index (χ4n) is 4.68. The molecule has 3 saturated heterocycles. The molecule has 3 fully saturated rings. The highest BCUT2D eigenvalue weighted by Crippen LogP contribution is 2.41. The predicted molar refractivity (Wildman–Crippen MR) is 98.8 cm³/mol. The molecule has 1 spiro atoms. The number of benzene rings is 1. The number of hydrazine groups is 1. The molecular weight excluding hydrogens is 366 g/mol. The lowest BCUT2D eigenvalue weighted by molar-refractivity contribution is -0.135. The average molecular weight is 392 g/mol. The Kier molecular flexibility index (Phi) is 5.09. The third-order valence-corrected chi connectivity index (χ3v) is 6.23. The van der Waals surface area contributed by atoms with E-state index in [0.29, 0.717) is 31.6 Å². The van der Waals surface area contributed by atoms with Gasteiger partial charge >= 0.3 is 0 Å². The number of nitrogens with one attached hydrogen (secondary N) is 2. The second-order valence-corrected chi connectivity index (χ2v) is 8.51. The summed E-state index contributed by atoms with van der Waals surface area (Å²) in [4.78, 5) is 28.8. The van der Waals surface area contributed by atoms with Crippen molar-refractivity contribution in [3.8, 4) is 0 Å². The van der Waals surface area contributed by atoms with Gasteiger partial charge in [-0.3, -0.25) is 15.0 Å². The first-order valence-electron chi connectivity index (χ1n) is 9.86. The zero-order chi connectivity index (χ0) is 19.9. The fraction of sp³-hybridized carbons (Fsp3) is 0.600. The Balaban J connectivity index is 1.35. The Morgan fingerprint density at radius 3 is 2.46 bits per heavy atom. The highest BCUT2D eigenvalue weighted by Gasteiger charge is 2.46. The molecule has 6 nitrogen and oxygen atoms in total. The van der Waals surface area contributed by atoms with Crippen LogP contribution in [0, 0.1) is 17.0 Å². The van der Waals surface area contributed by atoms with Crippen LogP contribution in [0.2, 0.25) is 0 Å². The van der Waals surface area contributed by atoms with Crippen molar-refractivity contribution >= 4 is 11.8 Å². The van der Waals surface area contributed by atoms with Crippen molar-refractivity contribution in [2.45, 2.75) is 51.2 Å². The lowest BCUT2D eigenvalue weighted by Crippen LogP contribution is -2.50. The van der Waals surface area contributed by atoms with Crippen LogP contribution in [0.3, 0.4) is 0 Å². The van der Waals surface area contributed by atoms with E-state index in [-0.39, 0.29) is 35.9 Å². The normalized spacial score (nSPS) is 27.0. The van der Waals surface area contributed by atoms with Gasteiger partial charge in [0.1, 0.15) is 17.7 Å². The number of piperidine rings is 1. The molecule has 152 valence electrons. The maximum absolute atomic E-state index is 13.4. The molecular formula is C20H26F2N4O2. The Morgan fingerprint density at radius 2 is 1.86 bits per heavy atom. The van der Waals surface area contributed by atoms with Gasteiger partial charge in [0.05, 0.1) is 0 Å². The standard InChI is InChI=1S/C20H26F2N4O2/c1-13-6-17(24-23-13)19(28)25-4-2-20(3-5-25)10-18(27)26(12-20)11-14-7-15(21)9-16(22)8-14/h7-9,13,17,23-24H,2-6,10-12H2,1H3. The van der Waals surface area contributed by atoms with E-state index < -0.39 is 11.6 Å². The van der Waals surface area contributed by atoms with Crippen LogP contribution < -0.4 is 10.9 Å². The first kappa shape index (κ1) is 19.3. The minimum Gasteiger partial charge on any atom is -0.341 e.